The number of rotatable bonds is 2. The third-order valence-corrected chi connectivity index (χ3v) is 5.45. The molecule has 100 valence electrons. The first kappa shape index (κ1) is 11.5. The lowest BCUT2D eigenvalue weighted by atomic mass is 10.1. The third-order valence-electron chi connectivity index (χ3n) is 4.32. The molecule has 0 aromatic carbocycles. The predicted molar refractivity (Wildman–Crippen MR) is 75.3 cm³/mol. The number of anilines is 1. The molecule has 2 heterocycles. The van der Waals surface area contributed by atoms with Crippen molar-refractivity contribution in [1.82, 2.24) is 10.1 Å². The molecule has 0 atom stereocenters. The molecule has 2 aliphatic rings. The SMILES string of the molecule is Nc1sc2c(c1-c1nc(C3CCCC3)no1)CCC2. The van der Waals surface area contributed by atoms with E-state index in [1.807, 2.05) is 0 Å². The maximum absolute atomic E-state index is 6.14. The smallest absolute Gasteiger partial charge is 0.261 e. The summed E-state index contributed by atoms with van der Waals surface area (Å²) in [5.41, 5.74) is 8.51. The van der Waals surface area contributed by atoms with E-state index in [0.29, 0.717) is 11.8 Å². The summed E-state index contributed by atoms with van der Waals surface area (Å²) in [7, 11) is 0. The highest BCUT2D eigenvalue weighted by atomic mass is 32.1. The standard InChI is InChI=1S/C14H17N3OS/c15-12-11(9-6-3-7-10(9)19-12)14-16-13(17-18-14)8-4-1-2-5-8/h8H,1-7,15H2. The lowest BCUT2D eigenvalue weighted by molar-refractivity contribution is 0.416. The molecule has 4 rings (SSSR count). The Morgan fingerprint density at radius 3 is 2.84 bits per heavy atom. The van der Waals surface area contributed by atoms with E-state index in [4.69, 9.17) is 10.3 Å². The molecule has 2 N–H and O–H groups in total. The highest BCUT2D eigenvalue weighted by Crippen LogP contribution is 2.43. The van der Waals surface area contributed by atoms with Crippen molar-refractivity contribution in [2.24, 2.45) is 0 Å². The lowest BCUT2D eigenvalue weighted by Gasteiger charge is -2.00. The van der Waals surface area contributed by atoms with Gasteiger partial charge < -0.3 is 10.3 Å². The maximum atomic E-state index is 6.14. The molecule has 0 radical (unpaired) electrons. The van der Waals surface area contributed by atoms with Crippen molar-refractivity contribution < 1.29 is 4.52 Å². The van der Waals surface area contributed by atoms with Crippen LogP contribution in [0.1, 0.15) is 54.3 Å². The zero-order chi connectivity index (χ0) is 12.8. The van der Waals surface area contributed by atoms with Crippen LogP contribution in [-0.2, 0) is 12.8 Å². The summed E-state index contributed by atoms with van der Waals surface area (Å²) in [5.74, 6) is 2.01. The Morgan fingerprint density at radius 1 is 1.16 bits per heavy atom. The Bertz CT molecular complexity index is 610. The van der Waals surface area contributed by atoms with E-state index in [-0.39, 0.29) is 0 Å². The van der Waals surface area contributed by atoms with Crippen molar-refractivity contribution in [1.29, 1.82) is 0 Å². The Balaban J connectivity index is 1.73. The van der Waals surface area contributed by atoms with Gasteiger partial charge in [0.05, 0.1) is 10.6 Å². The van der Waals surface area contributed by atoms with Gasteiger partial charge in [0.2, 0.25) is 0 Å². The number of nitrogens with zero attached hydrogens (tertiary/aromatic N) is 2. The fourth-order valence-corrected chi connectivity index (χ4v) is 4.50. The topological polar surface area (TPSA) is 64.9 Å². The minimum atomic E-state index is 0.491. The van der Waals surface area contributed by atoms with Crippen LogP contribution < -0.4 is 5.73 Å². The molecular weight excluding hydrogens is 258 g/mol. The molecule has 0 saturated heterocycles. The van der Waals surface area contributed by atoms with Gasteiger partial charge in [0, 0.05) is 10.8 Å². The van der Waals surface area contributed by atoms with Gasteiger partial charge in [-0.25, -0.2) is 0 Å². The first-order chi connectivity index (χ1) is 9.33. The summed E-state index contributed by atoms with van der Waals surface area (Å²) in [4.78, 5) is 6.03. The van der Waals surface area contributed by atoms with Gasteiger partial charge in [-0.15, -0.1) is 11.3 Å². The first-order valence-electron chi connectivity index (χ1n) is 7.07. The molecule has 1 fully saturated rings. The van der Waals surface area contributed by atoms with E-state index in [2.05, 4.69) is 10.1 Å². The summed E-state index contributed by atoms with van der Waals surface area (Å²) >= 11 is 1.69. The molecule has 0 amide bonds. The number of nitrogen functional groups attached to an aromatic ring is 1. The molecule has 1 saturated carbocycles. The van der Waals surface area contributed by atoms with Crippen LogP contribution >= 0.6 is 11.3 Å². The number of aromatic nitrogens is 2. The minimum absolute atomic E-state index is 0.491. The second-order valence-corrected chi connectivity index (χ2v) is 6.67. The highest BCUT2D eigenvalue weighted by Gasteiger charge is 2.27. The maximum Gasteiger partial charge on any atom is 0.261 e. The van der Waals surface area contributed by atoms with Gasteiger partial charge in [-0.3, -0.25) is 0 Å². The van der Waals surface area contributed by atoms with Gasteiger partial charge in [-0.2, -0.15) is 4.98 Å². The first-order valence-corrected chi connectivity index (χ1v) is 7.88. The average Bonchev–Trinajstić information content (AvgIpc) is 3.11. The number of fused-ring (bicyclic) bond motifs is 1. The number of hydrogen-bond donors (Lipinski definition) is 1. The average molecular weight is 275 g/mol. The van der Waals surface area contributed by atoms with Crippen LogP contribution in [0.2, 0.25) is 0 Å². The van der Waals surface area contributed by atoms with Gasteiger partial charge >= 0.3 is 0 Å². The second-order valence-electron chi connectivity index (χ2n) is 5.54. The summed E-state index contributed by atoms with van der Waals surface area (Å²) in [6.45, 7) is 0. The number of aryl methyl sites for hydroxylation is 1. The van der Waals surface area contributed by atoms with Crippen LogP contribution in [0.3, 0.4) is 0 Å². The summed E-state index contributed by atoms with van der Waals surface area (Å²) in [6.07, 6.45) is 8.41. The van der Waals surface area contributed by atoms with Gasteiger partial charge in [0.15, 0.2) is 5.82 Å². The van der Waals surface area contributed by atoms with Gasteiger partial charge in [0.1, 0.15) is 0 Å². The molecule has 0 unspecified atom stereocenters. The molecule has 4 nitrogen and oxygen atoms in total. The fraction of sp³-hybridized carbons (Fsp3) is 0.571. The summed E-state index contributed by atoms with van der Waals surface area (Å²) in [5, 5.41) is 5.02. The zero-order valence-corrected chi connectivity index (χ0v) is 11.6. The van der Waals surface area contributed by atoms with E-state index >= 15 is 0 Å². The van der Waals surface area contributed by atoms with Gasteiger partial charge in [-0.05, 0) is 37.7 Å². The zero-order valence-electron chi connectivity index (χ0n) is 10.8. The number of nitrogens with two attached hydrogens (primary N) is 1. The Hall–Kier alpha value is -1.36. The third kappa shape index (κ3) is 1.79. The molecule has 2 aromatic heterocycles. The van der Waals surface area contributed by atoms with Gasteiger partial charge in [0.25, 0.3) is 5.89 Å². The van der Waals surface area contributed by atoms with Crippen LogP contribution in [0.25, 0.3) is 11.5 Å². The minimum Gasteiger partial charge on any atom is -0.390 e. The van der Waals surface area contributed by atoms with Gasteiger partial charge in [-0.1, -0.05) is 18.0 Å². The second kappa shape index (κ2) is 4.34. The number of hydrogen-bond acceptors (Lipinski definition) is 5. The normalized spacial score (nSPS) is 19.2. The largest absolute Gasteiger partial charge is 0.390 e. The van der Waals surface area contributed by atoms with E-state index in [9.17, 15) is 0 Å². The van der Waals surface area contributed by atoms with Crippen molar-refractivity contribution in [3.05, 3.63) is 16.3 Å². The predicted octanol–water partition coefficient (Wildman–Crippen LogP) is 3.53. The number of thiophene rings is 1. The monoisotopic (exact) mass is 275 g/mol. The Kier molecular flexibility index (Phi) is 2.62. The van der Waals surface area contributed by atoms with Crippen molar-refractivity contribution in [3.8, 4) is 11.5 Å². The molecule has 0 bridgehead atoms. The van der Waals surface area contributed by atoms with E-state index in [0.717, 1.165) is 29.2 Å². The quantitative estimate of drug-likeness (QED) is 0.910. The fourth-order valence-electron chi connectivity index (χ4n) is 3.35. The molecule has 2 aliphatic carbocycles. The van der Waals surface area contributed by atoms with Crippen LogP contribution in [0.15, 0.2) is 4.52 Å². The Labute approximate surface area is 116 Å². The molecule has 2 aromatic rings. The Morgan fingerprint density at radius 2 is 2.00 bits per heavy atom. The highest BCUT2D eigenvalue weighted by molar-refractivity contribution is 7.16. The van der Waals surface area contributed by atoms with Crippen LogP contribution in [0.4, 0.5) is 5.00 Å². The van der Waals surface area contributed by atoms with Crippen molar-refractivity contribution in [2.75, 3.05) is 5.73 Å². The van der Waals surface area contributed by atoms with Crippen LogP contribution in [0.5, 0.6) is 0 Å². The van der Waals surface area contributed by atoms with E-state index in [1.54, 1.807) is 11.3 Å². The molecule has 0 spiro atoms. The van der Waals surface area contributed by atoms with Crippen molar-refractivity contribution >= 4 is 16.3 Å². The van der Waals surface area contributed by atoms with E-state index < -0.39 is 0 Å². The van der Waals surface area contributed by atoms with Crippen molar-refractivity contribution in [2.45, 2.75) is 50.9 Å². The van der Waals surface area contributed by atoms with Crippen molar-refractivity contribution in [3.63, 3.8) is 0 Å². The lowest BCUT2D eigenvalue weighted by Crippen LogP contribution is -1.95. The van der Waals surface area contributed by atoms with E-state index in [1.165, 1.54) is 42.5 Å². The molecule has 0 aliphatic heterocycles. The summed E-state index contributed by atoms with van der Waals surface area (Å²) in [6, 6.07) is 0. The van der Waals surface area contributed by atoms with Crippen LogP contribution in [-0.4, -0.2) is 10.1 Å². The summed E-state index contributed by atoms with van der Waals surface area (Å²) < 4.78 is 5.49. The molecular formula is C14H17N3OS. The molecule has 5 heteroatoms. The van der Waals surface area contributed by atoms with Crippen LogP contribution in [0, 0.1) is 0 Å². The molecule has 19 heavy (non-hydrogen) atoms.